The first kappa shape index (κ1) is 12.8. The Balaban J connectivity index is 2.37. The summed E-state index contributed by atoms with van der Waals surface area (Å²) < 4.78 is 0. The Hall–Kier alpha value is -0.280. The lowest BCUT2D eigenvalue weighted by atomic mass is 9.87. The van der Waals surface area contributed by atoms with E-state index in [0.717, 1.165) is 25.7 Å². The second-order valence-corrected chi connectivity index (χ2v) is 4.95. The summed E-state index contributed by atoms with van der Waals surface area (Å²) in [5, 5.41) is 12.2. The van der Waals surface area contributed by atoms with Crippen LogP contribution >= 0.6 is 11.6 Å². The minimum absolute atomic E-state index is 0.00951. The van der Waals surface area contributed by atoms with Gasteiger partial charge < -0.3 is 10.4 Å². The number of amides is 1. The highest BCUT2D eigenvalue weighted by atomic mass is 35.5. The molecule has 4 heteroatoms. The second kappa shape index (κ2) is 5.71. The zero-order valence-corrected chi connectivity index (χ0v) is 10.0. The molecular weight excluding hydrogens is 214 g/mol. The predicted molar refractivity (Wildman–Crippen MR) is 60.9 cm³/mol. The fourth-order valence-corrected chi connectivity index (χ4v) is 2.17. The van der Waals surface area contributed by atoms with Gasteiger partial charge in [-0.1, -0.05) is 19.8 Å². The van der Waals surface area contributed by atoms with Gasteiger partial charge in [0.15, 0.2) is 0 Å². The van der Waals surface area contributed by atoms with Crippen molar-refractivity contribution in [1.82, 2.24) is 5.32 Å². The molecule has 88 valence electrons. The van der Waals surface area contributed by atoms with E-state index in [-0.39, 0.29) is 23.8 Å². The number of nitrogens with one attached hydrogen (secondary N) is 1. The van der Waals surface area contributed by atoms with Gasteiger partial charge in [0.1, 0.15) is 0 Å². The molecule has 1 aliphatic carbocycles. The SMILES string of the molecule is CC(CCl)C(=O)NCC1(CO)CCCC1. The van der Waals surface area contributed by atoms with Crippen LogP contribution in [-0.4, -0.2) is 30.0 Å². The maximum absolute atomic E-state index is 11.5. The molecule has 0 spiro atoms. The molecule has 0 radical (unpaired) electrons. The molecule has 1 rings (SSSR count). The van der Waals surface area contributed by atoms with Crippen LogP contribution in [0.5, 0.6) is 0 Å². The molecule has 0 saturated heterocycles. The van der Waals surface area contributed by atoms with Crippen molar-refractivity contribution in [2.24, 2.45) is 11.3 Å². The molecule has 1 fully saturated rings. The normalized spacial score (nSPS) is 21.3. The highest BCUT2D eigenvalue weighted by Crippen LogP contribution is 2.36. The van der Waals surface area contributed by atoms with E-state index in [1.54, 1.807) is 0 Å². The predicted octanol–water partition coefficient (Wildman–Crippen LogP) is 1.53. The highest BCUT2D eigenvalue weighted by molar-refractivity contribution is 6.19. The standard InChI is InChI=1S/C11H20ClNO2/c1-9(6-12)10(15)13-7-11(8-14)4-2-3-5-11/h9,14H,2-8H2,1H3,(H,13,15). The average molecular weight is 234 g/mol. The zero-order chi connectivity index (χ0) is 11.3. The number of aliphatic hydroxyl groups is 1. The lowest BCUT2D eigenvalue weighted by molar-refractivity contribution is -0.124. The summed E-state index contributed by atoms with van der Waals surface area (Å²) in [7, 11) is 0. The molecule has 0 heterocycles. The molecule has 15 heavy (non-hydrogen) atoms. The maximum Gasteiger partial charge on any atom is 0.224 e. The Morgan fingerprint density at radius 3 is 2.60 bits per heavy atom. The van der Waals surface area contributed by atoms with Crippen molar-refractivity contribution in [1.29, 1.82) is 0 Å². The Morgan fingerprint density at radius 2 is 2.13 bits per heavy atom. The van der Waals surface area contributed by atoms with Crippen LogP contribution in [0.3, 0.4) is 0 Å². The molecule has 0 aliphatic heterocycles. The Kier molecular flexibility index (Phi) is 4.87. The van der Waals surface area contributed by atoms with Gasteiger partial charge in [-0.05, 0) is 12.8 Å². The Labute approximate surface area is 96.2 Å². The number of carbonyl (C=O) groups excluding carboxylic acids is 1. The van der Waals surface area contributed by atoms with Crippen LogP contribution in [0.1, 0.15) is 32.6 Å². The summed E-state index contributed by atoms with van der Waals surface area (Å²) in [5.41, 5.74) is -0.0678. The number of alkyl halides is 1. The summed E-state index contributed by atoms with van der Waals surface area (Å²) in [6.45, 7) is 2.56. The minimum Gasteiger partial charge on any atom is -0.396 e. The molecule has 1 atom stereocenters. The van der Waals surface area contributed by atoms with Gasteiger partial charge in [-0.15, -0.1) is 11.6 Å². The van der Waals surface area contributed by atoms with E-state index < -0.39 is 0 Å². The molecule has 1 saturated carbocycles. The molecule has 2 N–H and O–H groups in total. The van der Waals surface area contributed by atoms with Gasteiger partial charge in [0, 0.05) is 23.8 Å². The van der Waals surface area contributed by atoms with E-state index in [2.05, 4.69) is 5.32 Å². The number of halogens is 1. The first-order chi connectivity index (χ1) is 7.13. The first-order valence-electron chi connectivity index (χ1n) is 5.58. The van der Waals surface area contributed by atoms with E-state index in [1.165, 1.54) is 0 Å². The summed E-state index contributed by atoms with van der Waals surface area (Å²) >= 11 is 5.60. The summed E-state index contributed by atoms with van der Waals surface area (Å²) in [6.07, 6.45) is 4.33. The fourth-order valence-electron chi connectivity index (χ4n) is 2.03. The topological polar surface area (TPSA) is 49.3 Å². The molecule has 0 bridgehead atoms. The third kappa shape index (κ3) is 3.35. The van der Waals surface area contributed by atoms with Gasteiger partial charge >= 0.3 is 0 Å². The van der Waals surface area contributed by atoms with Crippen LogP contribution < -0.4 is 5.32 Å². The van der Waals surface area contributed by atoms with Gasteiger partial charge in [-0.3, -0.25) is 4.79 Å². The number of carbonyl (C=O) groups is 1. The first-order valence-corrected chi connectivity index (χ1v) is 6.11. The monoisotopic (exact) mass is 233 g/mol. The summed E-state index contributed by atoms with van der Waals surface area (Å²) in [5.74, 6) is 0.186. The minimum atomic E-state index is -0.149. The van der Waals surface area contributed by atoms with Gasteiger partial charge in [0.05, 0.1) is 6.61 Å². The van der Waals surface area contributed by atoms with Crippen LogP contribution in [0, 0.1) is 11.3 Å². The van der Waals surface area contributed by atoms with Crippen molar-refractivity contribution in [2.75, 3.05) is 19.0 Å². The molecule has 0 aromatic heterocycles. The molecule has 1 amide bonds. The van der Waals surface area contributed by atoms with Gasteiger partial charge in [0.25, 0.3) is 0 Å². The number of rotatable bonds is 5. The van der Waals surface area contributed by atoms with Crippen LogP contribution in [0.4, 0.5) is 0 Å². The maximum atomic E-state index is 11.5. The second-order valence-electron chi connectivity index (χ2n) is 4.64. The average Bonchev–Trinajstić information content (AvgIpc) is 2.74. The van der Waals surface area contributed by atoms with Crippen LogP contribution in [0.2, 0.25) is 0 Å². The van der Waals surface area contributed by atoms with E-state index in [0.29, 0.717) is 12.4 Å². The molecule has 0 aromatic rings. The molecule has 1 aliphatic rings. The quantitative estimate of drug-likeness (QED) is 0.708. The zero-order valence-electron chi connectivity index (χ0n) is 9.26. The van der Waals surface area contributed by atoms with Crippen LogP contribution in [0.25, 0.3) is 0 Å². The Bertz CT molecular complexity index is 215. The lowest BCUT2D eigenvalue weighted by Crippen LogP contribution is -2.40. The van der Waals surface area contributed by atoms with Crippen molar-refractivity contribution < 1.29 is 9.90 Å². The molecule has 3 nitrogen and oxygen atoms in total. The van der Waals surface area contributed by atoms with E-state index in [4.69, 9.17) is 11.6 Å². The lowest BCUT2D eigenvalue weighted by Gasteiger charge is -2.27. The molecule has 1 unspecified atom stereocenters. The number of hydrogen-bond donors (Lipinski definition) is 2. The smallest absolute Gasteiger partial charge is 0.224 e. The van der Waals surface area contributed by atoms with E-state index >= 15 is 0 Å². The van der Waals surface area contributed by atoms with E-state index in [9.17, 15) is 9.90 Å². The third-order valence-corrected chi connectivity index (χ3v) is 3.78. The van der Waals surface area contributed by atoms with Crippen molar-refractivity contribution in [3.8, 4) is 0 Å². The van der Waals surface area contributed by atoms with Crippen molar-refractivity contribution in [2.45, 2.75) is 32.6 Å². The van der Waals surface area contributed by atoms with Gasteiger partial charge in [0.2, 0.25) is 5.91 Å². The van der Waals surface area contributed by atoms with Crippen LogP contribution in [0.15, 0.2) is 0 Å². The number of hydrogen-bond acceptors (Lipinski definition) is 2. The van der Waals surface area contributed by atoms with Crippen molar-refractivity contribution in [3.63, 3.8) is 0 Å². The van der Waals surface area contributed by atoms with Crippen molar-refractivity contribution in [3.05, 3.63) is 0 Å². The number of aliphatic hydroxyl groups excluding tert-OH is 1. The van der Waals surface area contributed by atoms with Crippen LogP contribution in [-0.2, 0) is 4.79 Å². The summed E-state index contributed by atoms with van der Waals surface area (Å²) in [4.78, 5) is 11.5. The van der Waals surface area contributed by atoms with Gasteiger partial charge in [-0.25, -0.2) is 0 Å². The van der Waals surface area contributed by atoms with E-state index in [1.807, 2.05) is 6.92 Å². The molecule has 0 aromatic carbocycles. The highest BCUT2D eigenvalue weighted by Gasteiger charge is 2.33. The molecular formula is C11H20ClNO2. The third-order valence-electron chi connectivity index (χ3n) is 3.32. The summed E-state index contributed by atoms with van der Waals surface area (Å²) in [6, 6.07) is 0. The van der Waals surface area contributed by atoms with Gasteiger partial charge in [-0.2, -0.15) is 0 Å². The largest absolute Gasteiger partial charge is 0.396 e. The Morgan fingerprint density at radius 1 is 1.53 bits per heavy atom. The fraction of sp³-hybridized carbons (Fsp3) is 0.909. The van der Waals surface area contributed by atoms with Crippen molar-refractivity contribution >= 4 is 17.5 Å².